The van der Waals surface area contributed by atoms with Crippen LogP contribution in [0.3, 0.4) is 0 Å². The number of ether oxygens (including phenoxy) is 2. The molecule has 5 rings (SSSR count). The van der Waals surface area contributed by atoms with Crippen molar-refractivity contribution in [3.8, 4) is 16.9 Å². The maximum absolute atomic E-state index is 14.2. The summed E-state index contributed by atoms with van der Waals surface area (Å²) in [6.45, 7) is 6.86. The zero-order chi connectivity index (χ0) is 32.7. The number of oxazole rings is 1. The van der Waals surface area contributed by atoms with Gasteiger partial charge in [0.1, 0.15) is 17.6 Å². The maximum atomic E-state index is 14.2. The number of hydrogen-bond acceptors (Lipinski definition) is 6. The molecule has 2 aromatic carbocycles. The molecule has 0 bridgehead atoms. The van der Waals surface area contributed by atoms with E-state index in [1.54, 1.807) is 52.0 Å². The van der Waals surface area contributed by atoms with Crippen LogP contribution in [0.2, 0.25) is 10.0 Å². The Morgan fingerprint density at radius 2 is 1.82 bits per heavy atom. The quantitative estimate of drug-likeness (QED) is 0.210. The fourth-order valence-corrected chi connectivity index (χ4v) is 5.28. The number of fused-ring (bicyclic) bond motifs is 1. The molecule has 3 heterocycles. The molecule has 1 aliphatic heterocycles. The monoisotopic (exact) mass is 664 g/mol. The fraction of sp³-hybridized carbons (Fsp3) is 0.355. The summed E-state index contributed by atoms with van der Waals surface area (Å²) < 4.78 is 61.9. The second-order valence-corrected chi connectivity index (χ2v) is 12.3. The zero-order valence-corrected chi connectivity index (χ0v) is 26.3. The summed E-state index contributed by atoms with van der Waals surface area (Å²) in [5, 5.41) is 4.46. The SMILES string of the molecule is CCn1cc(-c2cc(Cn3ccoc3=NC(=O)OC(C)(C)C)cc3c2OC[C@H](Cc2ccc(Cl)c(Cl)c2)C3=O)c(C(F)(F)F)n1. The number of Topliss-reactive ketones (excluding diaryl/α,β-unsaturated/α-hetero) is 1. The number of aryl methyl sites for hydroxylation is 1. The third-order valence-corrected chi connectivity index (χ3v) is 7.66. The Morgan fingerprint density at radius 1 is 1.09 bits per heavy atom. The molecule has 0 saturated carbocycles. The van der Waals surface area contributed by atoms with Crippen LogP contribution >= 0.6 is 23.2 Å². The van der Waals surface area contributed by atoms with Gasteiger partial charge in [-0.15, -0.1) is 4.99 Å². The van der Waals surface area contributed by atoms with Crippen LogP contribution in [0, 0.1) is 5.92 Å². The molecule has 1 aliphatic rings. The van der Waals surface area contributed by atoms with E-state index in [-0.39, 0.29) is 60.0 Å². The number of ketones is 1. The molecule has 2 aromatic heterocycles. The lowest BCUT2D eigenvalue weighted by molar-refractivity contribution is -0.141. The topological polar surface area (TPSA) is 101 Å². The minimum absolute atomic E-state index is 0.00752. The average molecular weight is 665 g/mol. The molecular weight excluding hydrogens is 636 g/mol. The predicted molar refractivity (Wildman–Crippen MR) is 159 cm³/mol. The molecule has 0 unspecified atom stereocenters. The number of hydrogen-bond donors (Lipinski definition) is 0. The summed E-state index contributed by atoms with van der Waals surface area (Å²) in [6.07, 6.45) is -1.29. The molecule has 45 heavy (non-hydrogen) atoms. The number of carbonyl (C=O) groups excluding carboxylic acids is 2. The van der Waals surface area contributed by atoms with Crippen LogP contribution < -0.4 is 10.4 Å². The molecule has 238 valence electrons. The van der Waals surface area contributed by atoms with Crippen LogP contribution in [-0.2, 0) is 30.4 Å². The first kappa shape index (κ1) is 32.4. The Kier molecular flexibility index (Phi) is 8.92. The Bertz CT molecular complexity index is 1840. The first-order chi connectivity index (χ1) is 21.1. The molecule has 0 fully saturated rings. The van der Waals surface area contributed by atoms with Gasteiger partial charge in [-0.05, 0) is 69.5 Å². The predicted octanol–water partition coefficient (Wildman–Crippen LogP) is 7.61. The zero-order valence-electron chi connectivity index (χ0n) is 24.7. The van der Waals surface area contributed by atoms with Crippen LogP contribution in [0.4, 0.5) is 18.0 Å². The highest BCUT2D eigenvalue weighted by molar-refractivity contribution is 6.42. The Labute approximate surface area is 266 Å². The molecule has 0 radical (unpaired) electrons. The van der Waals surface area contributed by atoms with Gasteiger partial charge in [0.2, 0.25) is 0 Å². The van der Waals surface area contributed by atoms with E-state index in [9.17, 15) is 22.8 Å². The van der Waals surface area contributed by atoms with Crippen molar-refractivity contribution in [2.75, 3.05) is 6.61 Å². The summed E-state index contributed by atoms with van der Waals surface area (Å²) in [6, 6.07) is 8.11. The molecular formula is C31H29Cl2F3N4O5. The van der Waals surface area contributed by atoms with E-state index in [1.807, 2.05) is 0 Å². The van der Waals surface area contributed by atoms with E-state index >= 15 is 0 Å². The number of rotatable bonds is 6. The standard InChI is InChI=1S/C31H29Cl2F3N4O5/c1-5-40-15-22(27(38-40)31(34,35)36)20-11-18(14-39-8-9-43-28(39)37-29(42)45-30(2,3)4)12-21-25(41)19(16-44-26(20)21)10-17-6-7-23(32)24(33)13-17/h6-9,11-13,15,19H,5,10,14,16H2,1-4H3/t19-/m0/s1. The van der Waals surface area contributed by atoms with Gasteiger partial charge in [0.05, 0.1) is 34.7 Å². The summed E-state index contributed by atoms with van der Waals surface area (Å²) in [4.78, 5) is 30.1. The fourth-order valence-electron chi connectivity index (χ4n) is 4.96. The number of carbonyl (C=O) groups is 2. The van der Waals surface area contributed by atoms with Crippen molar-refractivity contribution >= 4 is 35.1 Å². The molecule has 0 aliphatic carbocycles. The molecule has 9 nitrogen and oxygen atoms in total. The van der Waals surface area contributed by atoms with Gasteiger partial charge in [0.25, 0.3) is 0 Å². The van der Waals surface area contributed by atoms with Gasteiger partial charge in [-0.2, -0.15) is 18.3 Å². The normalized spacial score (nSPS) is 15.6. The highest BCUT2D eigenvalue weighted by Crippen LogP contribution is 2.44. The average Bonchev–Trinajstić information content (AvgIpc) is 3.58. The largest absolute Gasteiger partial charge is 0.491 e. The van der Waals surface area contributed by atoms with Crippen LogP contribution in [-0.4, -0.2) is 38.4 Å². The van der Waals surface area contributed by atoms with Crippen LogP contribution in [0.1, 0.15) is 54.9 Å². The first-order valence-electron chi connectivity index (χ1n) is 14.0. The number of nitrogens with zero attached hydrogens (tertiary/aromatic N) is 4. The number of amides is 1. The molecule has 14 heteroatoms. The minimum atomic E-state index is -4.77. The highest BCUT2D eigenvalue weighted by Gasteiger charge is 2.40. The summed E-state index contributed by atoms with van der Waals surface area (Å²) >= 11 is 12.2. The van der Waals surface area contributed by atoms with Crippen molar-refractivity contribution in [2.45, 2.75) is 59.0 Å². The van der Waals surface area contributed by atoms with Gasteiger partial charge in [-0.3, -0.25) is 14.0 Å². The van der Waals surface area contributed by atoms with Crippen molar-refractivity contribution in [2.24, 2.45) is 10.9 Å². The summed E-state index contributed by atoms with van der Waals surface area (Å²) in [5.41, 5.74) is -0.866. The van der Waals surface area contributed by atoms with Crippen molar-refractivity contribution in [3.63, 3.8) is 0 Å². The second kappa shape index (κ2) is 12.4. The van der Waals surface area contributed by atoms with Gasteiger partial charge in [-0.1, -0.05) is 29.3 Å². The number of benzene rings is 2. The van der Waals surface area contributed by atoms with E-state index in [0.29, 0.717) is 15.6 Å². The third kappa shape index (κ3) is 7.28. The van der Waals surface area contributed by atoms with Gasteiger partial charge >= 0.3 is 18.0 Å². The van der Waals surface area contributed by atoms with Crippen molar-refractivity contribution in [1.29, 1.82) is 0 Å². The number of alkyl halides is 3. The van der Waals surface area contributed by atoms with Crippen molar-refractivity contribution in [1.82, 2.24) is 14.3 Å². The lowest BCUT2D eigenvalue weighted by Gasteiger charge is -2.27. The van der Waals surface area contributed by atoms with E-state index < -0.39 is 29.5 Å². The number of aromatic nitrogens is 3. The van der Waals surface area contributed by atoms with Crippen molar-refractivity contribution < 1.29 is 36.7 Å². The summed E-state index contributed by atoms with van der Waals surface area (Å²) in [5.74, 6) is -0.915. The third-order valence-electron chi connectivity index (χ3n) is 6.92. The summed E-state index contributed by atoms with van der Waals surface area (Å²) in [7, 11) is 0. The molecule has 0 saturated heterocycles. The van der Waals surface area contributed by atoms with E-state index in [0.717, 1.165) is 5.56 Å². The van der Waals surface area contributed by atoms with Crippen molar-refractivity contribution in [3.05, 3.63) is 87.1 Å². The Balaban J connectivity index is 1.60. The lowest BCUT2D eigenvalue weighted by atomic mass is 9.86. The highest BCUT2D eigenvalue weighted by atomic mass is 35.5. The van der Waals surface area contributed by atoms with Gasteiger partial charge in [-0.25, -0.2) is 4.79 Å². The van der Waals surface area contributed by atoms with Crippen LogP contribution in [0.15, 0.2) is 58.4 Å². The molecule has 0 spiro atoms. The van der Waals surface area contributed by atoms with Gasteiger partial charge in [0.15, 0.2) is 11.5 Å². The van der Waals surface area contributed by atoms with E-state index in [4.69, 9.17) is 37.1 Å². The van der Waals surface area contributed by atoms with Crippen LogP contribution in [0.25, 0.3) is 11.1 Å². The van der Waals surface area contributed by atoms with Gasteiger partial charge < -0.3 is 13.9 Å². The van der Waals surface area contributed by atoms with E-state index in [2.05, 4.69) is 10.1 Å². The second-order valence-electron chi connectivity index (χ2n) is 11.5. The van der Waals surface area contributed by atoms with Gasteiger partial charge in [0, 0.05) is 30.1 Å². The Hall–Kier alpha value is -4.03. The van der Waals surface area contributed by atoms with E-state index in [1.165, 1.54) is 34.0 Å². The lowest BCUT2D eigenvalue weighted by Crippen LogP contribution is -2.30. The molecule has 0 N–H and O–H groups in total. The molecule has 1 atom stereocenters. The Morgan fingerprint density at radius 3 is 2.49 bits per heavy atom. The smallest absolute Gasteiger partial charge is 0.438 e. The molecule has 4 aromatic rings. The number of halogens is 5. The molecule has 1 amide bonds. The van der Waals surface area contributed by atoms with Crippen LogP contribution in [0.5, 0.6) is 5.75 Å². The maximum Gasteiger partial charge on any atom is 0.438 e. The first-order valence-corrected chi connectivity index (χ1v) is 14.7. The minimum Gasteiger partial charge on any atom is -0.491 e.